The van der Waals surface area contributed by atoms with Gasteiger partial charge in [-0.25, -0.2) is 9.18 Å². The average molecular weight is 582 g/mol. The average Bonchev–Trinajstić information content (AvgIpc) is 3.30. The third-order valence-electron chi connectivity index (χ3n) is 7.59. The number of methoxy groups -OCH3 is 2. The van der Waals surface area contributed by atoms with Crippen molar-refractivity contribution in [1.82, 2.24) is 4.57 Å². The Morgan fingerprint density at radius 1 is 1.00 bits per heavy atom. The van der Waals surface area contributed by atoms with Gasteiger partial charge in [-0.2, -0.15) is 0 Å². The predicted molar refractivity (Wildman–Crippen MR) is 161 cm³/mol. The van der Waals surface area contributed by atoms with Gasteiger partial charge >= 0.3 is 5.97 Å². The van der Waals surface area contributed by atoms with Crippen LogP contribution in [0.25, 0.3) is 22.4 Å². The lowest BCUT2D eigenvalue weighted by molar-refractivity contribution is -0.308. The lowest BCUT2D eigenvalue weighted by Gasteiger charge is -2.41. The largest absolute Gasteiger partial charge is 0.462 e. The number of rotatable bonds is 12. The summed E-state index contributed by atoms with van der Waals surface area (Å²) in [6.07, 6.45) is 1.35. The van der Waals surface area contributed by atoms with Crippen molar-refractivity contribution < 1.29 is 32.9 Å². The van der Waals surface area contributed by atoms with E-state index in [4.69, 9.17) is 23.7 Å². The molecule has 0 saturated carbocycles. The summed E-state index contributed by atoms with van der Waals surface area (Å²) < 4.78 is 45.4. The Morgan fingerprint density at radius 2 is 1.64 bits per heavy atom. The number of carbonyl (C=O) groups is 1. The first kappa shape index (κ1) is 31.9. The Hall–Kier alpha value is -3.04. The van der Waals surface area contributed by atoms with E-state index in [0.717, 1.165) is 28.1 Å². The molecule has 8 heteroatoms. The minimum absolute atomic E-state index is 0.00466. The Balaban J connectivity index is 1.83. The Kier molecular flexibility index (Phi) is 10.6. The third-order valence-corrected chi connectivity index (χ3v) is 7.59. The summed E-state index contributed by atoms with van der Waals surface area (Å²) in [5.41, 5.74) is 4.80. The van der Waals surface area contributed by atoms with Crippen LogP contribution in [0.2, 0.25) is 0 Å². The molecule has 1 aliphatic heterocycles. The number of benzene rings is 2. The lowest BCUT2D eigenvalue weighted by Crippen LogP contribution is -2.46. The normalized spacial score (nSPS) is 18.5. The second kappa shape index (κ2) is 14.0. The summed E-state index contributed by atoms with van der Waals surface area (Å²) in [5.74, 6) is -1.45. The quantitative estimate of drug-likeness (QED) is 0.162. The van der Waals surface area contributed by atoms with Crippen LogP contribution in [0.4, 0.5) is 4.39 Å². The van der Waals surface area contributed by atoms with Crippen molar-refractivity contribution in [3.63, 3.8) is 0 Å². The summed E-state index contributed by atoms with van der Waals surface area (Å²) in [6.45, 7) is 10.7. The molecule has 2 heterocycles. The fourth-order valence-corrected chi connectivity index (χ4v) is 5.99. The number of nitrogens with zero attached hydrogens (tertiary/aromatic N) is 1. The minimum Gasteiger partial charge on any atom is -0.462 e. The summed E-state index contributed by atoms with van der Waals surface area (Å²) in [6, 6.07) is 16.3. The van der Waals surface area contributed by atoms with Crippen molar-refractivity contribution in [2.24, 2.45) is 0 Å². The predicted octanol–water partition coefficient (Wildman–Crippen LogP) is 7.57. The van der Waals surface area contributed by atoms with Crippen LogP contribution in [0.1, 0.15) is 75.9 Å². The third kappa shape index (κ3) is 7.29. The van der Waals surface area contributed by atoms with E-state index in [1.165, 1.54) is 12.1 Å². The molecule has 3 aromatic rings. The monoisotopic (exact) mass is 581 g/mol. The van der Waals surface area contributed by atoms with Gasteiger partial charge < -0.3 is 28.3 Å². The summed E-state index contributed by atoms with van der Waals surface area (Å²) in [4.78, 5) is 13.6. The molecule has 4 rings (SSSR count). The number of aromatic nitrogens is 1. The second-order valence-corrected chi connectivity index (χ2v) is 11.4. The van der Waals surface area contributed by atoms with Crippen LogP contribution in [-0.4, -0.2) is 55.6 Å². The molecule has 2 atom stereocenters. The van der Waals surface area contributed by atoms with Gasteiger partial charge in [-0.05, 0) is 68.5 Å². The topological polar surface area (TPSA) is 68.2 Å². The molecule has 2 unspecified atom stereocenters. The van der Waals surface area contributed by atoms with Crippen LogP contribution in [0.15, 0.2) is 54.6 Å². The van der Waals surface area contributed by atoms with E-state index >= 15 is 0 Å². The van der Waals surface area contributed by atoms with Gasteiger partial charge in [0.1, 0.15) is 5.82 Å². The van der Waals surface area contributed by atoms with E-state index in [1.807, 2.05) is 51.1 Å². The molecule has 1 aromatic heterocycles. The molecule has 42 heavy (non-hydrogen) atoms. The van der Waals surface area contributed by atoms with Gasteiger partial charge in [0.25, 0.3) is 0 Å². The molecule has 2 aromatic carbocycles. The number of ether oxygens (including phenoxy) is 5. The van der Waals surface area contributed by atoms with Gasteiger partial charge in [0.05, 0.1) is 30.1 Å². The zero-order chi connectivity index (χ0) is 30.4. The molecule has 0 bridgehead atoms. The molecule has 228 valence electrons. The molecule has 0 aliphatic carbocycles. The van der Waals surface area contributed by atoms with E-state index < -0.39 is 5.79 Å². The first-order chi connectivity index (χ1) is 20.1. The highest BCUT2D eigenvalue weighted by Crippen LogP contribution is 2.43. The van der Waals surface area contributed by atoms with Crippen molar-refractivity contribution in [1.29, 1.82) is 0 Å². The number of hydrogen-bond acceptors (Lipinski definition) is 6. The fourth-order valence-electron chi connectivity index (χ4n) is 5.99. The Morgan fingerprint density at radius 3 is 2.24 bits per heavy atom. The molecule has 0 N–H and O–H groups in total. The van der Waals surface area contributed by atoms with Crippen LogP contribution in [0.5, 0.6) is 0 Å². The summed E-state index contributed by atoms with van der Waals surface area (Å²) in [5, 5.41) is 0. The lowest BCUT2D eigenvalue weighted by atomic mass is 9.95. The highest BCUT2D eigenvalue weighted by atomic mass is 19.1. The SMILES string of the molecule is CCOC(=O)c1c(-c2ccccc2)c(-c2ccc(F)cc2)n(CCC2CC(CC(OC)OC)OC(C)(C)O2)c1C(C)C. The van der Waals surface area contributed by atoms with E-state index in [1.54, 1.807) is 26.4 Å². The maximum atomic E-state index is 14.1. The van der Waals surface area contributed by atoms with E-state index in [9.17, 15) is 9.18 Å². The first-order valence-corrected chi connectivity index (χ1v) is 14.7. The van der Waals surface area contributed by atoms with Gasteiger partial charge in [-0.15, -0.1) is 0 Å². The highest BCUT2D eigenvalue weighted by Gasteiger charge is 2.37. The van der Waals surface area contributed by atoms with Crippen LogP contribution in [-0.2, 0) is 30.2 Å². The van der Waals surface area contributed by atoms with Crippen molar-refractivity contribution in [3.05, 3.63) is 71.7 Å². The van der Waals surface area contributed by atoms with E-state index in [0.29, 0.717) is 31.4 Å². The standard InChI is InChI=1S/C34H44FNO6/c1-8-40-33(37)30-29(23-12-10-9-11-13-23)32(24-14-16-25(35)17-15-24)36(31(30)22(2)3)19-18-26-20-27(21-28(38-6)39-7)42-34(4,5)41-26/h9-17,22,26-28H,8,18-21H2,1-7H3. The van der Waals surface area contributed by atoms with Crippen molar-refractivity contribution in [2.75, 3.05) is 20.8 Å². The summed E-state index contributed by atoms with van der Waals surface area (Å²) >= 11 is 0. The number of hydrogen-bond donors (Lipinski definition) is 0. The van der Waals surface area contributed by atoms with Gasteiger partial charge in [0.2, 0.25) is 0 Å². The van der Waals surface area contributed by atoms with Crippen LogP contribution in [0.3, 0.4) is 0 Å². The zero-order valence-corrected chi connectivity index (χ0v) is 25.8. The van der Waals surface area contributed by atoms with Crippen molar-refractivity contribution >= 4 is 5.97 Å². The number of esters is 1. The highest BCUT2D eigenvalue weighted by molar-refractivity contribution is 6.04. The number of carbonyl (C=O) groups excluding carboxylic acids is 1. The smallest absolute Gasteiger partial charge is 0.340 e. The molecule has 0 radical (unpaired) electrons. The molecule has 1 saturated heterocycles. The molecule has 0 amide bonds. The fraction of sp³-hybridized carbons (Fsp3) is 0.500. The second-order valence-electron chi connectivity index (χ2n) is 11.4. The molecule has 1 aliphatic rings. The minimum atomic E-state index is -0.776. The van der Waals surface area contributed by atoms with E-state index in [2.05, 4.69) is 18.4 Å². The first-order valence-electron chi connectivity index (χ1n) is 14.7. The Labute approximate surface area is 248 Å². The molecular formula is C34H44FNO6. The molecule has 1 fully saturated rings. The number of halogens is 1. The maximum Gasteiger partial charge on any atom is 0.340 e. The zero-order valence-electron chi connectivity index (χ0n) is 25.8. The van der Waals surface area contributed by atoms with Gasteiger partial charge in [0.15, 0.2) is 12.1 Å². The van der Waals surface area contributed by atoms with Crippen LogP contribution < -0.4 is 0 Å². The molecule has 0 spiro atoms. The Bertz CT molecular complexity index is 1310. The van der Waals surface area contributed by atoms with E-state index in [-0.39, 0.29) is 42.8 Å². The van der Waals surface area contributed by atoms with Crippen LogP contribution >= 0.6 is 0 Å². The summed E-state index contributed by atoms with van der Waals surface area (Å²) in [7, 11) is 3.25. The van der Waals surface area contributed by atoms with Gasteiger partial charge in [-0.1, -0.05) is 44.2 Å². The van der Waals surface area contributed by atoms with Crippen LogP contribution in [0, 0.1) is 5.82 Å². The van der Waals surface area contributed by atoms with Gasteiger partial charge in [0, 0.05) is 44.9 Å². The van der Waals surface area contributed by atoms with Crippen molar-refractivity contribution in [3.8, 4) is 22.4 Å². The van der Waals surface area contributed by atoms with Crippen molar-refractivity contribution in [2.45, 2.75) is 90.6 Å². The molecular weight excluding hydrogens is 537 g/mol. The van der Waals surface area contributed by atoms with Gasteiger partial charge in [-0.3, -0.25) is 0 Å². The maximum absolute atomic E-state index is 14.1. The molecule has 7 nitrogen and oxygen atoms in total.